The second-order valence-corrected chi connectivity index (χ2v) is 8.54. The molecule has 1 fully saturated rings. The van der Waals surface area contributed by atoms with Crippen molar-refractivity contribution in [2.45, 2.75) is 25.5 Å². The van der Waals surface area contributed by atoms with Gasteiger partial charge in [0.15, 0.2) is 11.3 Å². The zero-order valence-electron chi connectivity index (χ0n) is 17.2. The van der Waals surface area contributed by atoms with Crippen molar-refractivity contribution in [2.24, 2.45) is 5.73 Å². The molecule has 2 aromatic heterocycles. The second kappa shape index (κ2) is 8.41. The third-order valence-electron chi connectivity index (χ3n) is 5.51. The maximum atomic E-state index is 13.6. The Bertz CT molecular complexity index is 1450. The molecule has 0 radical (unpaired) electrons. The van der Waals surface area contributed by atoms with E-state index in [0.717, 1.165) is 12.8 Å². The Morgan fingerprint density at radius 1 is 1.15 bits per heavy atom. The van der Waals surface area contributed by atoms with Gasteiger partial charge in [0.1, 0.15) is 5.58 Å². The molecule has 2 N–H and O–H groups in total. The van der Waals surface area contributed by atoms with E-state index in [1.165, 1.54) is 47.6 Å². The predicted octanol–water partition coefficient (Wildman–Crippen LogP) is 5.80. The first-order valence-corrected chi connectivity index (χ1v) is 10.9. The SMILES string of the molecule is NC(=O)c1ccc(OC(F)F)c2oc3ccc(C(=O)N(c4c(Cl)cncc4Cl)C4CC4)cc3c12. The molecule has 0 spiro atoms. The number of hydrogen-bond donors (Lipinski definition) is 1. The van der Waals surface area contributed by atoms with Gasteiger partial charge in [-0.15, -0.1) is 0 Å². The molecule has 1 saturated carbocycles. The van der Waals surface area contributed by atoms with Crippen molar-refractivity contribution < 1.29 is 27.5 Å². The Balaban J connectivity index is 1.68. The summed E-state index contributed by atoms with van der Waals surface area (Å²) in [5, 5.41) is 0.977. The first-order chi connectivity index (χ1) is 16.3. The molecule has 1 aliphatic carbocycles. The first kappa shape index (κ1) is 22.4. The third kappa shape index (κ3) is 3.80. The van der Waals surface area contributed by atoms with Crippen LogP contribution in [0.1, 0.15) is 33.6 Å². The minimum Gasteiger partial charge on any atom is -0.452 e. The minimum atomic E-state index is -3.10. The summed E-state index contributed by atoms with van der Waals surface area (Å²) >= 11 is 12.6. The molecule has 4 aromatic rings. The van der Waals surface area contributed by atoms with E-state index < -0.39 is 12.5 Å². The second-order valence-electron chi connectivity index (χ2n) is 7.73. The topological polar surface area (TPSA) is 98.7 Å². The molecule has 11 heteroatoms. The highest BCUT2D eigenvalue weighted by molar-refractivity contribution is 6.40. The van der Waals surface area contributed by atoms with Gasteiger partial charge in [-0.1, -0.05) is 23.2 Å². The van der Waals surface area contributed by atoms with E-state index >= 15 is 0 Å². The fourth-order valence-corrected chi connectivity index (χ4v) is 4.49. The van der Waals surface area contributed by atoms with E-state index in [1.807, 2.05) is 0 Å². The molecule has 5 rings (SSSR count). The number of carbonyl (C=O) groups excluding carboxylic acids is 2. The van der Waals surface area contributed by atoms with Crippen LogP contribution in [0.15, 0.2) is 47.1 Å². The zero-order valence-corrected chi connectivity index (χ0v) is 18.7. The molecule has 7 nitrogen and oxygen atoms in total. The molecule has 0 saturated heterocycles. The average molecular weight is 506 g/mol. The van der Waals surface area contributed by atoms with Crippen molar-refractivity contribution in [1.82, 2.24) is 4.98 Å². The summed E-state index contributed by atoms with van der Waals surface area (Å²) < 4.78 is 36.0. The number of furan rings is 1. The van der Waals surface area contributed by atoms with Crippen molar-refractivity contribution in [2.75, 3.05) is 4.90 Å². The maximum Gasteiger partial charge on any atom is 0.387 e. The summed E-state index contributed by atoms with van der Waals surface area (Å²) in [6.45, 7) is -3.10. The number of nitrogens with two attached hydrogens (primary N) is 1. The Morgan fingerprint density at radius 3 is 2.47 bits per heavy atom. The Labute approximate surface area is 201 Å². The smallest absolute Gasteiger partial charge is 0.387 e. The highest BCUT2D eigenvalue weighted by atomic mass is 35.5. The van der Waals surface area contributed by atoms with Crippen LogP contribution in [0.3, 0.4) is 0 Å². The van der Waals surface area contributed by atoms with Crippen LogP contribution in [-0.4, -0.2) is 29.5 Å². The van der Waals surface area contributed by atoms with Crippen molar-refractivity contribution in [3.05, 3.63) is 63.9 Å². The summed E-state index contributed by atoms with van der Waals surface area (Å²) in [5.41, 5.74) is 6.34. The number of primary amides is 1. The predicted molar refractivity (Wildman–Crippen MR) is 123 cm³/mol. The van der Waals surface area contributed by atoms with Gasteiger partial charge in [-0.3, -0.25) is 14.6 Å². The van der Waals surface area contributed by atoms with Crippen LogP contribution in [0.2, 0.25) is 10.0 Å². The minimum absolute atomic E-state index is 0.0410. The molecule has 0 aliphatic heterocycles. The van der Waals surface area contributed by atoms with Gasteiger partial charge in [-0.05, 0) is 43.2 Å². The lowest BCUT2D eigenvalue weighted by Crippen LogP contribution is -2.33. The lowest BCUT2D eigenvalue weighted by Gasteiger charge is -2.24. The molecule has 0 bridgehead atoms. The largest absolute Gasteiger partial charge is 0.452 e. The van der Waals surface area contributed by atoms with Crippen LogP contribution in [0.25, 0.3) is 21.9 Å². The number of aromatic nitrogens is 1. The number of fused-ring (bicyclic) bond motifs is 3. The van der Waals surface area contributed by atoms with Gasteiger partial charge >= 0.3 is 6.61 Å². The fraction of sp³-hybridized carbons (Fsp3) is 0.174. The maximum absolute atomic E-state index is 13.6. The normalized spacial score (nSPS) is 13.6. The van der Waals surface area contributed by atoms with Gasteiger partial charge in [0, 0.05) is 34.8 Å². The summed E-state index contributed by atoms with van der Waals surface area (Å²) in [4.78, 5) is 31.1. The number of halogens is 4. The molecule has 174 valence electrons. The number of hydrogen-bond acceptors (Lipinski definition) is 5. The summed E-state index contributed by atoms with van der Waals surface area (Å²) in [7, 11) is 0. The molecule has 1 aliphatic rings. The van der Waals surface area contributed by atoms with E-state index in [1.54, 1.807) is 0 Å². The van der Waals surface area contributed by atoms with Crippen LogP contribution >= 0.6 is 23.2 Å². The lowest BCUT2D eigenvalue weighted by atomic mass is 10.0. The standard InChI is InChI=1S/C23H15Cl2F2N3O4/c24-14-8-29-9-15(25)19(14)30(11-2-3-11)22(32)10-1-5-16-13(7-10)18-12(21(28)31)4-6-17(20(18)33-16)34-23(26)27/h1,4-9,11,23H,2-3H2,(H2,28,31). The van der Waals surface area contributed by atoms with E-state index in [4.69, 9.17) is 33.4 Å². The number of anilines is 1. The molecular weight excluding hydrogens is 491 g/mol. The average Bonchev–Trinajstić information content (AvgIpc) is 3.54. The number of rotatable bonds is 6. The number of carbonyl (C=O) groups is 2. The lowest BCUT2D eigenvalue weighted by molar-refractivity contribution is -0.0493. The molecule has 2 heterocycles. The van der Waals surface area contributed by atoms with Crippen molar-refractivity contribution in [1.29, 1.82) is 0 Å². The zero-order chi connectivity index (χ0) is 24.1. The van der Waals surface area contributed by atoms with Gasteiger partial charge in [-0.25, -0.2) is 0 Å². The van der Waals surface area contributed by atoms with E-state index in [0.29, 0.717) is 11.1 Å². The summed E-state index contributed by atoms with van der Waals surface area (Å²) in [6, 6.07) is 6.93. The van der Waals surface area contributed by atoms with Crippen molar-refractivity contribution in [3.8, 4) is 5.75 Å². The van der Waals surface area contributed by atoms with Crippen LogP contribution < -0.4 is 15.4 Å². The van der Waals surface area contributed by atoms with Crippen molar-refractivity contribution in [3.63, 3.8) is 0 Å². The van der Waals surface area contributed by atoms with Crippen LogP contribution in [0.4, 0.5) is 14.5 Å². The molecule has 0 unspecified atom stereocenters. The fourth-order valence-electron chi connectivity index (χ4n) is 3.94. The van der Waals surface area contributed by atoms with Gasteiger partial charge in [0.25, 0.3) is 5.91 Å². The molecule has 34 heavy (non-hydrogen) atoms. The first-order valence-electron chi connectivity index (χ1n) is 10.1. The quantitative estimate of drug-likeness (QED) is 0.357. The highest BCUT2D eigenvalue weighted by Gasteiger charge is 2.37. The van der Waals surface area contributed by atoms with Gasteiger partial charge in [-0.2, -0.15) is 8.78 Å². The van der Waals surface area contributed by atoms with E-state index in [-0.39, 0.29) is 55.4 Å². The number of nitrogens with zero attached hydrogens (tertiary/aromatic N) is 2. The molecule has 2 aromatic carbocycles. The monoisotopic (exact) mass is 505 g/mol. The summed E-state index contributed by atoms with van der Waals surface area (Å²) in [5.74, 6) is -1.42. The Kier molecular flexibility index (Phi) is 5.53. The number of ether oxygens (including phenoxy) is 1. The number of pyridine rings is 1. The van der Waals surface area contributed by atoms with Crippen molar-refractivity contribution >= 4 is 62.6 Å². The van der Waals surface area contributed by atoms with Crippen LogP contribution in [0, 0.1) is 0 Å². The number of amides is 2. The summed E-state index contributed by atoms with van der Waals surface area (Å²) in [6.07, 6.45) is 4.36. The van der Waals surface area contributed by atoms with E-state index in [2.05, 4.69) is 9.72 Å². The number of alkyl halides is 2. The molecule has 0 atom stereocenters. The third-order valence-corrected chi connectivity index (χ3v) is 6.06. The Hall–Kier alpha value is -3.43. The molecular formula is C23H15Cl2F2N3O4. The van der Waals surface area contributed by atoms with Gasteiger partial charge < -0.3 is 19.8 Å². The molecule has 2 amide bonds. The Morgan fingerprint density at radius 2 is 1.85 bits per heavy atom. The van der Waals surface area contributed by atoms with Crippen LogP contribution in [-0.2, 0) is 0 Å². The number of benzene rings is 2. The van der Waals surface area contributed by atoms with Gasteiger partial charge in [0.05, 0.1) is 21.3 Å². The highest BCUT2D eigenvalue weighted by Crippen LogP contribution is 2.42. The van der Waals surface area contributed by atoms with Gasteiger partial charge in [0.2, 0.25) is 5.91 Å². The van der Waals surface area contributed by atoms with E-state index in [9.17, 15) is 18.4 Å². The van der Waals surface area contributed by atoms with Crippen LogP contribution in [0.5, 0.6) is 5.75 Å².